The number of aromatic amines is 1. The fraction of sp³-hybridized carbons (Fsp3) is 0.556. The quantitative estimate of drug-likeness (QED) is 0.233. The third-order valence-corrected chi connectivity index (χ3v) is 7.06. The molecule has 0 aromatic carbocycles. The van der Waals surface area contributed by atoms with Gasteiger partial charge in [0.25, 0.3) is 5.56 Å². The van der Waals surface area contributed by atoms with Crippen molar-refractivity contribution in [2.24, 2.45) is 0 Å². The number of halogens is 1. The summed E-state index contributed by atoms with van der Waals surface area (Å²) in [5.74, 6) is -1.32. The number of aliphatic hydroxyl groups is 1. The first-order chi connectivity index (χ1) is 13.1. The maximum absolute atomic E-state index is 13.3. The Bertz CT molecular complexity index is 1020. The highest BCUT2D eigenvalue weighted by Gasteiger charge is 2.43. The molecule has 6 N–H and O–H groups in total. The SMILES string of the molecule is O=c1[nH]c(=O)n([C@H]2C[C@@H](O)[C@@H](COP(=O)(O)OP(=O)(O)OP(=O)(O)O)O2)cc1F. The van der Waals surface area contributed by atoms with E-state index < -0.39 is 65.6 Å². The molecular weight excluding hydrogens is 472 g/mol. The Balaban J connectivity index is 2.03. The lowest BCUT2D eigenvalue weighted by Crippen LogP contribution is -2.34. The van der Waals surface area contributed by atoms with Gasteiger partial charge in [-0.05, 0) is 0 Å². The van der Waals surface area contributed by atoms with E-state index in [0.717, 1.165) is 0 Å². The third kappa shape index (κ3) is 7.00. The van der Waals surface area contributed by atoms with Gasteiger partial charge in [0.1, 0.15) is 12.3 Å². The number of phosphoric acid groups is 3. The highest BCUT2D eigenvalue weighted by Crippen LogP contribution is 2.66. The van der Waals surface area contributed by atoms with Gasteiger partial charge in [-0.25, -0.2) is 18.5 Å². The van der Waals surface area contributed by atoms with Crippen molar-refractivity contribution in [1.29, 1.82) is 0 Å². The minimum absolute atomic E-state index is 0.337. The number of rotatable bonds is 8. The molecule has 2 heterocycles. The summed E-state index contributed by atoms with van der Waals surface area (Å²) in [7, 11) is -16.7. The monoisotopic (exact) mass is 486 g/mol. The number of aliphatic hydroxyl groups excluding tert-OH is 1. The zero-order valence-corrected chi connectivity index (χ0v) is 16.5. The molecule has 5 atom stereocenters. The molecule has 1 aromatic heterocycles. The van der Waals surface area contributed by atoms with Gasteiger partial charge in [-0.3, -0.25) is 18.9 Å². The van der Waals surface area contributed by atoms with E-state index in [4.69, 9.17) is 19.4 Å². The molecule has 1 aliphatic heterocycles. The lowest BCUT2D eigenvalue weighted by Gasteiger charge is -2.19. The second-order valence-electron chi connectivity index (χ2n) is 5.46. The fourth-order valence-electron chi connectivity index (χ4n) is 2.18. The van der Waals surface area contributed by atoms with Crippen LogP contribution in [0.15, 0.2) is 15.8 Å². The Kier molecular flexibility index (Phi) is 7.17. The average molecular weight is 486 g/mol. The van der Waals surface area contributed by atoms with Crippen LogP contribution in [-0.4, -0.2) is 53.0 Å². The molecule has 0 bridgehead atoms. The van der Waals surface area contributed by atoms with Gasteiger partial charge in [-0.1, -0.05) is 0 Å². The van der Waals surface area contributed by atoms with Gasteiger partial charge in [0, 0.05) is 6.42 Å². The first kappa shape index (κ1) is 24.2. The van der Waals surface area contributed by atoms with Gasteiger partial charge in [-0.15, -0.1) is 0 Å². The number of nitrogens with zero attached hydrogens (tertiary/aromatic N) is 1. The van der Waals surface area contributed by atoms with Crippen molar-refractivity contribution >= 4 is 23.5 Å². The van der Waals surface area contributed by atoms with E-state index in [0.29, 0.717) is 10.8 Å². The van der Waals surface area contributed by atoms with Crippen molar-refractivity contribution < 1.29 is 60.6 Å². The first-order valence-electron chi connectivity index (χ1n) is 7.21. The highest BCUT2D eigenvalue weighted by atomic mass is 31.3. The zero-order chi connectivity index (χ0) is 22.2. The largest absolute Gasteiger partial charge is 0.490 e. The number of ether oxygens (including phenoxy) is 1. The minimum Gasteiger partial charge on any atom is -0.390 e. The Hall–Kier alpha value is -1.06. The fourth-order valence-corrected chi connectivity index (χ4v) is 5.21. The Morgan fingerprint density at radius 2 is 1.79 bits per heavy atom. The molecule has 1 fully saturated rings. The Labute approximate surface area is 158 Å². The van der Waals surface area contributed by atoms with E-state index in [-0.39, 0.29) is 6.42 Å². The summed E-state index contributed by atoms with van der Waals surface area (Å²) in [5, 5.41) is 9.89. The molecule has 20 heteroatoms. The Morgan fingerprint density at radius 1 is 1.17 bits per heavy atom. The molecule has 0 amide bonds. The molecule has 0 saturated carbocycles. The van der Waals surface area contributed by atoms with Gasteiger partial charge in [0.15, 0.2) is 0 Å². The summed E-state index contributed by atoms with van der Waals surface area (Å²) in [6.07, 6.45) is -3.99. The van der Waals surface area contributed by atoms with Crippen LogP contribution in [-0.2, 0) is 31.6 Å². The number of phosphoric ester groups is 1. The Morgan fingerprint density at radius 3 is 2.38 bits per heavy atom. The maximum Gasteiger partial charge on any atom is 0.490 e. The molecule has 16 nitrogen and oxygen atoms in total. The molecule has 2 unspecified atom stereocenters. The van der Waals surface area contributed by atoms with E-state index >= 15 is 0 Å². The van der Waals surface area contributed by atoms with Crippen LogP contribution < -0.4 is 11.2 Å². The molecule has 29 heavy (non-hydrogen) atoms. The van der Waals surface area contributed by atoms with Crippen LogP contribution in [0, 0.1) is 5.82 Å². The average Bonchev–Trinajstić information content (AvgIpc) is 2.86. The number of H-pyrrole nitrogens is 1. The second-order valence-corrected chi connectivity index (χ2v) is 9.88. The van der Waals surface area contributed by atoms with Crippen molar-refractivity contribution in [3.63, 3.8) is 0 Å². The van der Waals surface area contributed by atoms with Crippen molar-refractivity contribution in [2.45, 2.75) is 24.9 Å². The minimum atomic E-state index is -5.71. The van der Waals surface area contributed by atoms with Crippen LogP contribution in [0.25, 0.3) is 0 Å². The number of hydrogen-bond acceptors (Lipinski definition) is 10. The van der Waals surface area contributed by atoms with E-state index in [1.165, 1.54) is 0 Å². The van der Waals surface area contributed by atoms with E-state index in [1.807, 2.05) is 0 Å². The van der Waals surface area contributed by atoms with Crippen LogP contribution in [0.4, 0.5) is 4.39 Å². The first-order valence-corrected chi connectivity index (χ1v) is 11.7. The molecule has 166 valence electrons. The third-order valence-electron chi connectivity index (χ3n) is 3.26. The standard InChI is InChI=1S/C9H14FN2O14P3/c10-4-2-12(9(15)11-8(4)14)7-1-5(13)6(24-7)3-23-28(19,20)26-29(21,22)25-27(16,17)18/h2,5-7,13H,1,3H2,(H,19,20)(H,21,22)(H,11,14,15)(H2,16,17,18)/t5-,6-,7-/m1/s1. The van der Waals surface area contributed by atoms with Crippen LogP contribution in [0.1, 0.15) is 12.6 Å². The van der Waals surface area contributed by atoms with Gasteiger partial charge < -0.3 is 29.4 Å². The van der Waals surface area contributed by atoms with Crippen molar-refractivity contribution in [2.75, 3.05) is 6.61 Å². The summed E-state index contributed by atoms with van der Waals surface area (Å²) in [4.78, 5) is 59.6. The molecule has 2 rings (SSSR count). The summed E-state index contributed by atoms with van der Waals surface area (Å²) in [5.41, 5.74) is -2.35. The zero-order valence-electron chi connectivity index (χ0n) is 13.8. The summed E-state index contributed by atoms with van der Waals surface area (Å²) < 4.78 is 63.8. The van der Waals surface area contributed by atoms with E-state index in [9.17, 15) is 37.7 Å². The predicted molar refractivity (Wildman–Crippen MR) is 85.6 cm³/mol. The van der Waals surface area contributed by atoms with Gasteiger partial charge in [-0.2, -0.15) is 13.0 Å². The molecule has 1 aliphatic rings. The molecule has 0 spiro atoms. The normalized spacial score (nSPS) is 26.8. The second kappa shape index (κ2) is 8.59. The summed E-state index contributed by atoms with van der Waals surface area (Å²) >= 11 is 0. The van der Waals surface area contributed by atoms with Crippen molar-refractivity contribution in [1.82, 2.24) is 9.55 Å². The van der Waals surface area contributed by atoms with Crippen LogP contribution in [0.3, 0.4) is 0 Å². The van der Waals surface area contributed by atoms with Crippen LogP contribution in [0.2, 0.25) is 0 Å². The van der Waals surface area contributed by atoms with Crippen molar-refractivity contribution in [3.8, 4) is 0 Å². The molecular formula is C9H14FN2O14P3. The molecule has 1 aromatic rings. The smallest absolute Gasteiger partial charge is 0.390 e. The van der Waals surface area contributed by atoms with Gasteiger partial charge in [0.2, 0.25) is 5.82 Å². The summed E-state index contributed by atoms with van der Waals surface area (Å²) in [6.45, 7) is -0.970. The van der Waals surface area contributed by atoms with Crippen LogP contribution >= 0.6 is 23.5 Å². The number of aromatic nitrogens is 2. The highest BCUT2D eigenvalue weighted by molar-refractivity contribution is 7.66. The maximum atomic E-state index is 13.3. The number of nitrogens with one attached hydrogen (secondary N) is 1. The molecule has 0 radical (unpaired) electrons. The van der Waals surface area contributed by atoms with E-state index in [1.54, 1.807) is 4.98 Å². The lowest BCUT2D eigenvalue weighted by molar-refractivity contribution is -0.0452. The molecule has 0 aliphatic carbocycles. The lowest BCUT2D eigenvalue weighted by atomic mass is 10.2. The number of hydrogen-bond donors (Lipinski definition) is 6. The van der Waals surface area contributed by atoms with E-state index in [2.05, 4.69) is 13.1 Å². The van der Waals surface area contributed by atoms with Gasteiger partial charge in [0.05, 0.1) is 18.9 Å². The topological polar surface area (TPSA) is 244 Å². The van der Waals surface area contributed by atoms with Crippen molar-refractivity contribution in [3.05, 3.63) is 32.9 Å². The van der Waals surface area contributed by atoms with Crippen LogP contribution in [0.5, 0.6) is 0 Å². The van der Waals surface area contributed by atoms with Gasteiger partial charge >= 0.3 is 29.2 Å². The summed E-state index contributed by atoms with van der Waals surface area (Å²) in [6, 6.07) is 0. The predicted octanol–water partition coefficient (Wildman–Crippen LogP) is -1.33. The molecule has 1 saturated heterocycles.